The van der Waals surface area contributed by atoms with Gasteiger partial charge in [0, 0.05) is 30.4 Å². The van der Waals surface area contributed by atoms with Gasteiger partial charge in [0.25, 0.3) is 5.91 Å². The largest absolute Gasteiger partial charge is 0.361 e. The van der Waals surface area contributed by atoms with E-state index in [1.165, 1.54) is 6.92 Å². The van der Waals surface area contributed by atoms with Crippen LogP contribution < -0.4 is 10.8 Å². The molecule has 0 bridgehead atoms. The molecular weight excluding hydrogens is 330 g/mol. The van der Waals surface area contributed by atoms with Gasteiger partial charge in [0.15, 0.2) is 0 Å². The fourth-order valence-corrected chi connectivity index (χ4v) is 2.81. The van der Waals surface area contributed by atoms with E-state index in [2.05, 4.69) is 15.8 Å². The number of aromatic amines is 1. The molecule has 2 amide bonds. The van der Waals surface area contributed by atoms with Crippen LogP contribution >= 0.6 is 0 Å². The number of benzene rings is 2. The summed E-state index contributed by atoms with van der Waals surface area (Å²) in [4.78, 5) is 32.4. The van der Waals surface area contributed by atoms with Gasteiger partial charge in [-0.25, -0.2) is 5.48 Å². The van der Waals surface area contributed by atoms with Crippen molar-refractivity contribution in [3.63, 3.8) is 0 Å². The summed E-state index contributed by atoms with van der Waals surface area (Å²) in [6.45, 7) is 1.65. The van der Waals surface area contributed by atoms with Crippen molar-refractivity contribution in [2.75, 3.05) is 0 Å². The number of carbonyl (C=O) groups is 2. The Hall–Kier alpha value is -3.12. The molecule has 0 fully saturated rings. The van der Waals surface area contributed by atoms with Gasteiger partial charge in [0.05, 0.1) is 6.61 Å². The highest BCUT2D eigenvalue weighted by atomic mass is 16.6. The summed E-state index contributed by atoms with van der Waals surface area (Å²) >= 11 is 0. The second-order valence-electron chi connectivity index (χ2n) is 6.06. The molecule has 0 aliphatic rings. The molecule has 1 unspecified atom stereocenters. The van der Waals surface area contributed by atoms with E-state index in [-0.39, 0.29) is 18.4 Å². The molecular formula is C20H21N3O3. The summed E-state index contributed by atoms with van der Waals surface area (Å²) < 4.78 is 0. The Morgan fingerprint density at radius 2 is 1.81 bits per heavy atom. The van der Waals surface area contributed by atoms with Gasteiger partial charge in [-0.2, -0.15) is 0 Å². The van der Waals surface area contributed by atoms with Gasteiger partial charge in [-0.1, -0.05) is 48.5 Å². The van der Waals surface area contributed by atoms with Crippen molar-refractivity contribution in [1.29, 1.82) is 0 Å². The van der Waals surface area contributed by atoms with E-state index < -0.39 is 6.04 Å². The maximum Gasteiger partial charge on any atom is 0.266 e. The Bertz CT molecular complexity index is 889. The third-order valence-corrected chi connectivity index (χ3v) is 4.05. The first kappa shape index (κ1) is 17.7. The van der Waals surface area contributed by atoms with Gasteiger partial charge < -0.3 is 10.3 Å². The van der Waals surface area contributed by atoms with Crippen LogP contribution in [0.25, 0.3) is 10.9 Å². The molecule has 0 spiro atoms. The van der Waals surface area contributed by atoms with E-state index >= 15 is 0 Å². The second-order valence-corrected chi connectivity index (χ2v) is 6.06. The molecule has 134 valence electrons. The average molecular weight is 351 g/mol. The molecule has 26 heavy (non-hydrogen) atoms. The van der Waals surface area contributed by atoms with Crippen LogP contribution in [0, 0.1) is 0 Å². The molecule has 0 aliphatic carbocycles. The second kappa shape index (κ2) is 8.31. The number of H-pyrrole nitrogens is 1. The van der Waals surface area contributed by atoms with Gasteiger partial charge in [-0.15, -0.1) is 0 Å². The highest BCUT2D eigenvalue weighted by Crippen LogP contribution is 2.19. The summed E-state index contributed by atoms with van der Waals surface area (Å²) in [5.41, 5.74) is 5.32. The van der Waals surface area contributed by atoms with Crippen LogP contribution in [0.15, 0.2) is 60.8 Å². The van der Waals surface area contributed by atoms with Crippen molar-refractivity contribution >= 4 is 22.7 Å². The van der Waals surface area contributed by atoms with Crippen molar-refractivity contribution in [3.05, 3.63) is 71.9 Å². The predicted octanol–water partition coefficient (Wildman–Crippen LogP) is 2.46. The molecule has 0 radical (unpaired) electrons. The molecule has 1 atom stereocenters. The van der Waals surface area contributed by atoms with E-state index in [4.69, 9.17) is 4.84 Å². The maximum absolute atomic E-state index is 12.5. The lowest BCUT2D eigenvalue weighted by atomic mass is 10.0. The molecule has 3 aromatic rings. The van der Waals surface area contributed by atoms with Crippen LogP contribution in [0.4, 0.5) is 0 Å². The summed E-state index contributed by atoms with van der Waals surface area (Å²) in [7, 11) is 0. The number of nitrogens with one attached hydrogen (secondary N) is 3. The minimum atomic E-state index is -0.720. The molecule has 3 N–H and O–H groups in total. The van der Waals surface area contributed by atoms with Crippen molar-refractivity contribution in [2.24, 2.45) is 0 Å². The number of para-hydroxylation sites is 1. The first-order valence-corrected chi connectivity index (χ1v) is 8.41. The summed E-state index contributed by atoms with van der Waals surface area (Å²) in [5, 5.41) is 3.72. The highest BCUT2D eigenvalue weighted by Gasteiger charge is 2.21. The summed E-state index contributed by atoms with van der Waals surface area (Å²) in [6.07, 6.45) is 2.22. The molecule has 6 heteroatoms. The van der Waals surface area contributed by atoms with Crippen LogP contribution in [0.3, 0.4) is 0 Å². The van der Waals surface area contributed by atoms with Crippen LogP contribution in [0.2, 0.25) is 0 Å². The fourth-order valence-electron chi connectivity index (χ4n) is 2.81. The fraction of sp³-hybridized carbons (Fsp3) is 0.200. The maximum atomic E-state index is 12.5. The number of carbonyl (C=O) groups excluding carboxylic acids is 2. The molecule has 6 nitrogen and oxygen atoms in total. The van der Waals surface area contributed by atoms with Gasteiger partial charge >= 0.3 is 0 Å². The summed E-state index contributed by atoms with van der Waals surface area (Å²) in [5.74, 6) is -0.658. The van der Waals surface area contributed by atoms with E-state index in [1.54, 1.807) is 0 Å². The quantitative estimate of drug-likeness (QED) is 0.572. The van der Waals surface area contributed by atoms with Gasteiger partial charge in [0.1, 0.15) is 6.04 Å². The topological polar surface area (TPSA) is 83.2 Å². The minimum absolute atomic E-state index is 0.256. The number of hydroxylamine groups is 1. The molecule has 0 saturated carbocycles. The lowest BCUT2D eigenvalue weighted by Crippen LogP contribution is -2.47. The Kier molecular flexibility index (Phi) is 5.66. The van der Waals surface area contributed by atoms with Gasteiger partial charge in [-0.3, -0.25) is 14.4 Å². The van der Waals surface area contributed by atoms with Crippen LogP contribution in [0.1, 0.15) is 18.1 Å². The molecule has 0 aliphatic heterocycles. The standard InChI is InChI=1S/C20H21N3O3/c1-14(24)22-19(11-16-12-21-18-10-6-5-9-17(16)18)20(25)23-26-13-15-7-3-2-4-8-15/h2-10,12,19,21H,11,13H2,1H3,(H,22,24)(H,23,25). The Morgan fingerprint density at radius 3 is 2.58 bits per heavy atom. The zero-order valence-electron chi connectivity index (χ0n) is 14.5. The summed E-state index contributed by atoms with van der Waals surface area (Å²) in [6, 6.07) is 16.6. The normalized spacial score (nSPS) is 11.9. The van der Waals surface area contributed by atoms with Crippen molar-refractivity contribution < 1.29 is 14.4 Å². The van der Waals surface area contributed by atoms with Crippen LogP contribution in [-0.2, 0) is 27.5 Å². The molecule has 1 aromatic heterocycles. The molecule has 1 heterocycles. The van der Waals surface area contributed by atoms with Crippen molar-refractivity contribution in [3.8, 4) is 0 Å². The van der Waals surface area contributed by atoms with Crippen LogP contribution in [-0.4, -0.2) is 22.8 Å². The first-order chi connectivity index (χ1) is 12.6. The smallest absolute Gasteiger partial charge is 0.266 e. The van der Waals surface area contributed by atoms with Gasteiger partial charge in [-0.05, 0) is 17.2 Å². The Labute approximate surface area is 151 Å². The van der Waals surface area contributed by atoms with Gasteiger partial charge in [0.2, 0.25) is 5.91 Å². The van der Waals surface area contributed by atoms with Crippen LogP contribution in [0.5, 0.6) is 0 Å². The number of hydrogen-bond donors (Lipinski definition) is 3. The third kappa shape index (κ3) is 4.49. The first-order valence-electron chi connectivity index (χ1n) is 8.41. The molecule has 3 rings (SSSR count). The SMILES string of the molecule is CC(=O)NC(Cc1c[nH]c2ccccc12)C(=O)NOCc1ccccc1. The highest BCUT2D eigenvalue weighted by molar-refractivity contribution is 5.88. The number of rotatable bonds is 7. The predicted molar refractivity (Wildman–Crippen MR) is 99.0 cm³/mol. The molecule has 2 aromatic carbocycles. The minimum Gasteiger partial charge on any atom is -0.361 e. The van der Waals surface area contributed by atoms with E-state index in [1.807, 2.05) is 60.8 Å². The van der Waals surface area contributed by atoms with E-state index in [0.29, 0.717) is 6.42 Å². The van der Waals surface area contributed by atoms with Crippen molar-refractivity contribution in [1.82, 2.24) is 15.8 Å². The average Bonchev–Trinajstić information content (AvgIpc) is 3.05. The number of aromatic nitrogens is 1. The number of amides is 2. The number of fused-ring (bicyclic) bond motifs is 1. The van der Waals surface area contributed by atoms with E-state index in [0.717, 1.165) is 22.0 Å². The lowest BCUT2D eigenvalue weighted by Gasteiger charge is -2.17. The zero-order valence-corrected chi connectivity index (χ0v) is 14.5. The number of hydrogen-bond acceptors (Lipinski definition) is 3. The third-order valence-electron chi connectivity index (χ3n) is 4.05. The Balaban J connectivity index is 1.65. The zero-order chi connectivity index (χ0) is 18.4. The lowest BCUT2D eigenvalue weighted by molar-refractivity contribution is -0.138. The molecule has 0 saturated heterocycles. The van der Waals surface area contributed by atoms with Crippen molar-refractivity contribution in [2.45, 2.75) is 26.0 Å². The monoisotopic (exact) mass is 351 g/mol. The van der Waals surface area contributed by atoms with E-state index in [9.17, 15) is 9.59 Å². The Morgan fingerprint density at radius 1 is 1.08 bits per heavy atom.